The van der Waals surface area contributed by atoms with Crippen molar-refractivity contribution in [3.05, 3.63) is 95.6 Å². The van der Waals surface area contributed by atoms with Gasteiger partial charge in [0.05, 0.1) is 7.11 Å². The van der Waals surface area contributed by atoms with Crippen molar-refractivity contribution in [3.8, 4) is 11.5 Å². The van der Waals surface area contributed by atoms with Gasteiger partial charge in [0.15, 0.2) is 11.5 Å². The predicted octanol–water partition coefficient (Wildman–Crippen LogP) is 3.07. The zero-order valence-corrected chi connectivity index (χ0v) is 15.5. The molecule has 0 radical (unpaired) electrons. The van der Waals surface area contributed by atoms with Crippen molar-refractivity contribution in [2.24, 2.45) is 0 Å². The van der Waals surface area contributed by atoms with Gasteiger partial charge in [0.2, 0.25) is 0 Å². The number of hydrogen-bond acceptors (Lipinski definition) is 3. The molecule has 0 heterocycles. The molecule has 0 aromatic heterocycles. The van der Waals surface area contributed by atoms with Crippen LogP contribution in [0, 0.1) is 0 Å². The molecule has 3 aromatic rings. The lowest BCUT2D eigenvalue weighted by molar-refractivity contribution is -0.686. The van der Waals surface area contributed by atoms with Crippen LogP contribution in [0.5, 0.6) is 11.5 Å². The Labute approximate surface area is 160 Å². The number of nitrogens with two attached hydrogens (primary N) is 1. The molecular formula is C23H26NO3+. The van der Waals surface area contributed by atoms with Crippen molar-refractivity contribution in [3.63, 3.8) is 0 Å². The van der Waals surface area contributed by atoms with E-state index in [9.17, 15) is 5.11 Å². The van der Waals surface area contributed by atoms with Gasteiger partial charge in [-0.3, -0.25) is 0 Å². The standard InChI is InChI=1S/C23H25NO3/c1-26-23-14-19(16-24-15-18-8-4-2-5-9-18)12-13-22(23)27-17-21(25)20-10-6-3-7-11-20/h2-14,21,24-25H,15-17H2,1H3/p+1/t21-/m1/s1. The molecule has 3 rings (SSSR count). The van der Waals surface area contributed by atoms with Gasteiger partial charge in [0.25, 0.3) is 0 Å². The molecule has 0 bridgehead atoms. The van der Waals surface area contributed by atoms with Crippen LogP contribution >= 0.6 is 0 Å². The number of ether oxygens (including phenoxy) is 2. The molecule has 0 aliphatic heterocycles. The number of hydrogen-bond donors (Lipinski definition) is 2. The summed E-state index contributed by atoms with van der Waals surface area (Å²) in [6.07, 6.45) is -0.671. The summed E-state index contributed by atoms with van der Waals surface area (Å²) in [6, 6.07) is 25.8. The molecule has 4 heteroatoms. The van der Waals surface area contributed by atoms with Gasteiger partial charge >= 0.3 is 0 Å². The minimum atomic E-state index is -0.671. The van der Waals surface area contributed by atoms with Gasteiger partial charge in [-0.15, -0.1) is 0 Å². The summed E-state index contributed by atoms with van der Waals surface area (Å²) in [4.78, 5) is 0. The number of aliphatic hydroxyl groups excluding tert-OH is 1. The van der Waals surface area contributed by atoms with E-state index in [1.807, 2.05) is 54.6 Å². The molecule has 0 amide bonds. The van der Waals surface area contributed by atoms with Crippen molar-refractivity contribution in [1.29, 1.82) is 0 Å². The molecule has 27 heavy (non-hydrogen) atoms. The molecule has 0 spiro atoms. The van der Waals surface area contributed by atoms with Gasteiger partial charge in [0.1, 0.15) is 25.8 Å². The van der Waals surface area contributed by atoms with Gasteiger partial charge in [-0.1, -0.05) is 60.7 Å². The van der Waals surface area contributed by atoms with Gasteiger partial charge < -0.3 is 19.9 Å². The van der Waals surface area contributed by atoms with E-state index in [1.54, 1.807) is 7.11 Å². The number of quaternary nitrogens is 1. The molecule has 0 saturated heterocycles. The van der Waals surface area contributed by atoms with Crippen molar-refractivity contribution in [2.75, 3.05) is 13.7 Å². The van der Waals surface area contributed by atoms with E-state index < -0.39 is 6.10 Å². The first kappa shape index (κ1) is 19.0. The van der Waals surface area contributed by atoms with Gasteiger partial charge in [0, 0.05) is 11.1 Å². The second-order valence-corrected chi connectivity index (χ2v) is 6.41. The molecule has 0 aliphatic carbocycles. The summed E-state index contributed by atoms with van der Waals surface area (Å²) in [5.41, 5.74) is 3.31. The third-order valence-electron chi connectivity index (χ3n) is 4.41. The van der Waals surface area contributed by atoms with Gasteiger partial charge in [-0.05, 0) is 23.8 Å². The first-order chi connectivity index (χ1) is 13.3. The van der Waals surface area contributed by atoms with E-state index in [0.717, 1.165) is 18.7 Å². The third-order valence-corrected chi connectivity index (χ3v) is 4.41. The van der Waals surface area contributed by atoms with E-state index in [0.29, 0.717) is 11.5 Å². The lowest BCUT2D eigenvalue weighted by atomic mass is 10.1. The van der Waals surface area contributed by atoms with E-state index in [-0.39, 0.29) is 6.61 Å². The van der Waals surface area contributed by atoms with E-state index in [2.05, 4.69) is 29.6 Å². The van der Waals surface area contributed by atoms with Crippen molar-refractivity contribution in [2.45, 2.75) is 19.2 Å². The maximum absolute atomic E-state index is 10.3. The lowest BCUT2D eigenvalue weighted by Gasteiger charge is -2.15. The maximum Gasteiger partial charge on any atom is 0.161 e. The zero-order valence-electron chi connectivity index (χ0n) is 15.5. The van der Waals surface area contributed by atoms with Crippen molar-refractivity contribution >= 4 is 0 Å². The molecule has 3 aromatic carbocycles. The average Bonchev–Trinajstić information content (AvgIpc) is 2.73. The van der Waals surface area contributed by atoms with Crippen LogP contribution in [0.2, 0.25) is 0 Å². The Kier molecular flexibility index (Phi) is 6.85. The van der Waals surface area contributed by atoms with Gasteiger partial charge in [-0.2, -0.15) is 0 Å². The SMILES string of the molecule is COc1cc(C[NH2+]Cc2ccccc2)ccc1OC[C@@H](O)c1ccccc1. The number of rotatable bonds is 9. The van der Waals surface area contributed by atoms with E-state index in [1.165, 1.54) is 11.1 Å². The highest BCUT2D eigenvalue weighted by molar-refractivity contribution is 5.42. The average molecular weight is 364 g/mol. The van der Waals surface area contributed by atoms with E-state index >= 15 is 0 Å². The second-order valence-electron chi connectivity index (χ2n) is 6.41. The summed E-state index contributed by atoms with van der Waals surface area (Å²) in [5, 5.41) is 12.5. The number of benzene rings is 3. The van der Waals surface area contributed by atoms with Crippen molar-refractivity contribution < 1.29 is 19.9 Å². The monoisotopic (exact) mass is 364 g/mol. The second kappa shape index (κ2) is 9.76. The summed E-state index contributed by atoms with van der Waals surface area (Å²) in [5.74, 6) is 1.32. The smallest absolute Gasteiger partial charge is 0.161 e. The number of aliphatic hydroxyl groups is 1. The summed E-state index contributed by atoms with van der Waals surface area (Å²) in [7, 11) is 1.63. The zero-order chi connectivity index (χ0) is 18.9. The van der Waals surface area contributed by atoms with Crippen LogP contribution in [-0.2, 0) is 13.1 Å². The molecule has 0 unspecified atom stereocenters. The first-order valence-electron chi connectivity index (χ1n) is 9.14. The Hall–Kier alpha value is -2.82. The molecule has 0 saturated carbocycles. The Balaban J connectivity index is 1.55. The van der Waals surface area contributed by atoms with Crippen LogP contribution in [0.25, 0.3) is 0 Å². The molecule has 0 fully saturated rings. The topological polar surface area (TPSA) is 55.3 Å². The predicted molar refractivity (Wildman–Crippen MR) is 106 cm³/mol. The Bertz CT molecular complexity index is 822. The Morgan fingerprint density at radius 2 is 1.48 bits per heavy atom. The van der Waals surface area contributed by atoms with Gasteiger partial charge in [-0.25, -0.2) is 0 Å². The summed E-state index contributed by atoms with van der Waals surface area (Å²) >= 11 is 0. The van der Waals surface area contributed by atoms with Crippen LogP contribution in [-0.4, -0.2) is 18.8 Å². The van der Waals surface area contributed by atoms with Crippen LogP contribution in [0.4, 0.5) is 0 Å². The minimum absolute atomic E-state index is 0.180. The fraction of sp³-hybridized carbons (Fsp3) is 0.217. The van der Waals surface area contributed by atoms with Crippen LogP contribution in [0.15, 0.2) is 78.9 Å². The highest BCUT2D eigenvalue weighted by atomic mass is 16.5. The highest BCUT2D eigenvalue weighted by Gasteiger charge is 2.11. The van der Waals surface area contributed by atoms with E-state index in [4.69, 9.17) is 9.47 Å². The first-order valence-corrected chi connectivity index (χ1v) is 9.14. The highest BCUT2D eigenvalue weighted by Crippen LogP contribution is 2.29. The van der Waals surface area contributed by atoms with Crippen LogP contribution in [0.1, 0.15) is 22.8 Å². The van der Waals surface area contributed by atoms with Crippen molar-refractivity contribution in [1.82, 2.24) is 0 Å². The molecule has 3 N–H and O–H groups in total. The summed E-state index contributed by atoms with van der Waals surface area (Å²) < 4.78 is 11.3. The third kappa shape index (κ3) is 5.58. The minimum Gasteiger partial charge on any atom is -0.493 e. The van der Waals surface area contributed by atoms with Crippen LogP contribution in [0.3, 0.4) is 0 Å². The molecule has 1 atom stereocenters. The molecule has 140 valence electrons. The maximum atomic E-state index is 10.3. The fourth-order valence-electron chi connectivity index (χ4n) is 2.92. The Morgan fingerprint density at radius 1 is 0.815 bits per heavy atom. The lowest BCUT2D eigenvalue weighted by Crippen LogP contribution is -2.80. The largest absolute Gasteiger partial charge is 0.493 e. The summed E-state index contributed by atoms with van der Waals surface area (Å²) in [6.45, 7) is 1.97. The molecular weight excluding hydrogens is 338 g/mol. The quantitative estimate of drug-likeness (QED) is 0.614. The van der Waals surface area contributed by atoms with Crippen LogP contribution < -0.4 is 14.8 Å². The Morgan fingerprint density at radius 3 is 2.19 bits per heavy atom. The number of methoxy groups -OCH3 is 1. The normalized spacial score (nSPS) is 11.8. The fourth-order valence-corrected chi connectivity index (χ4v) is 2.92. The molecule has 4 nitrogen and oxygen atoms in total. The molecule has 0 aliphatic rings.